The first kappa shape index (κ1) is 19.7. The highest BCUT2D eigenvalue weighted by Gasteiger charge is 2.62. The summed E-state index contributed by atoms with van der Waals surface area (Å²) in [6.45, 7) is 5.98. The van der Waals surface area contributed by atoms with Gasteiger partial charge in [0.15, 0.2) is 0 Å². The van der Waals surface area contributed by atoms with Crippen LogP contribution < -0.4 is 0 Å². The highest BCUT2D eigenvalue weighted by Crippen LogP contribution is 2.57. The van der Waals surface area contributed by atoms with Crippen molar-refractivity contribution in [1.29, 1.82) is 0 Å². The van der Waals surface area contributed by atoms with E-state index in [4.69, 9.17) is 0 Å². The summed E-state index contributed by atoms with van der Waals surface area (Å²) in [4.78, 5) is 24.5. The third kappa shape index (κ3) is 3.61. The maximum Gasteiger partial charge on any atom is 0.311 e. The van der Waals surface area contributed by atoms with E-state index in [2.05, 4.69) is 6.92 Å². The van der Waals surface area contributed by atoms with Gasteiger partial charge in [0.2, 0.25) is 0 Å². The summed E-state index contributed by atoms with van der Waals surface area (Å²) in [7, 11) is 0. The first-order chi connectivity index (χ1) is 10.9. The molecule has 0 spiro atoms. The predicted molar refractivity (Wildman–Crippen MR) is 91.3 cm³/mol. The van der Waals surface area contributed by atoms with Gasteiger partial charge in [-0.1, -0.05) is 71.4 Å². The van der Waals surface area contributed by atoms with Crippen LogP contribution in [0.3, 0.4) is 0 Å². The van der Waals surface area contributed by atoms with E-state index < -0.39 is 22.8 Å². The van der Waals surface area contributed by atoms with Crippen LogP contribution in [-0.2, 0) is 9.59 Å². The van der Waals surface area contributed by atoms with Gasteiger partial charge in [-0.2, -0.15) is 0 Å². The standard InChI is InChI=1S/C19H32O4/c1-4-6-7-8-9-12-18(16(20)21)13-10-11-14-19(18,17(22)23)15(3)5-2/h10-11,15H,4-9,12-14H2,1-3H3,(H,20,21)(H,22,23). The molecule has 0 aromatic carbocycles. The monoisotopic (exact) mass is 324 g/mol. The SMILES string of the molecule is CCCCCCCC1(C(=O)O)CC=CCC1(C(=O)O)C(C)CC. The zero-order chi connectivity index (χ0) is 17.5. The average Bonchev–Trinajstić information content (AvgIpc) is 2.53. The summed E-state index contributed by atoms with van der Waals surface area (Å²) in [5, 5.41) is 20.0. The fourth-order valence-electron chi connectivity index (χ4n) is 4.20. The molecule has 0 aromatic rings. The lowest BCUT2D eigenvalue weighted by Crippen LogP contribution is -2.56. The second kappa shape index (κ2) is 8.51. The van der Waals surface area contributed by atoms with E-state index in [0.717, 1.165) is 32.1 Å². The number of unbranched alkanes of at least 4 members (excludes halogenated alkanes) is 4. The molecule has 1 aliphatic carbocycles. The van der Waals surface area contributed by atoms with Crippen molar-refractivity contribution in [1.82, 2.24) is 0 Å². The summed E-state index contributed by atoms with van der Waals surface area (Å²) < 4.78 is 0. The number of aliphatic carboxylic acids is 2. The van der Waals surface area contributed by atoms with Crippen molar-refractivity contribution in [2.24, 2.45) is 16.7 Å². The lowest BCUT2D eigenvalue weighted by molar-refractivity contribution is -0.182. The molecule has 0 radical (unpaired) electrons. The summed E-state index contributed by atoms with van der Waals surface area (Å²) in [6.07, 6.45) is 10.6. The largest absolute Gasteiger partial charge is 0.481 e. The van der Waals surface area contributed by atoms with Gasteiger partial charge in [0, 0.05) is 0 Å². The molecule has 3 atom stereocenters. The van der Waals surface area contributed by atoms with Crippen molar-refractivity contribution < 1.29 is 19.8 Å². The molecule has 0 fully saturated rings. The number of allylic oxidation sites excluding steroid dienone is 2. The van der Waals surface area contributed by atoms with Gasteiger partial charge < -0.3 is 10.2 Å². The van der Waals surface area contributed by atoms with E-state index in [1.165, 1.54) is 0 Å². The number of hydrogen-bond donors (Lipinski definition) is 2. The van der Waals surface area contributed by atoms with Crippen LogP contribution in [0.5, 0.6) is 0 Å². The van der Waals surface area contributed by atoms with Crippen molar-refractivity contribution in [2.45, 2.75) is 78.6 Å². The average molecular weight is 324 g/mol. The highest BCUT2D eigenvalue weighted by molar-refractivity contribution is 5.87. The molecule has 0 saturated carbocycles. The van der Waals surface area contributed by atoms with Gasteiger partial charge in [-0.25, -0.2) is 0 Å². The van der Waals surface area contributed by atoms with Gasteiger partial charge >= 0.3 is 11.9 Å². The van der Waals surface area contributed by atoms with Crippen molar-refractivity contribution in [3.05, 3.63) is 12.2 Å². The minimum atomic E-state index is -1.20. The minimum absolute atomic E-state index is 0.170. The molecule has 23 heavy (non-hydrogen) atoms. The number of rotatable bonds is 10. The fourth-order valence-corrected chi connectivity index (χ4v) is 4.20. The van der Waals surface area contributed by atoms with Gasteiger partial charge in [-0.15, -0.1) is 0 Å². The summed E-state index contributed by atoms with van der Waals surface area (Å²) in [6, 6.07) is 0. The topological polar surface area (TPSA) is 74.6 Å². The van der Waals surface area contributed by atoms with E-state index in [-0.39, 0.29) is 5.92 Å². The Labute approximate surface area is 140 Å². The Morgan fingerprint density at radius 3 is 2.13 bits per heavy atom. The smallest absolute Gasteiger partial charge is 0.311 e. The number of carboxylic acid groups (broad SMARTS) is 2. The van der Waals surface area contributed by atoms with Gasteiger partial charge in [0.1, 0.15) is 0 Å². The van der Waals surface area contributed by atoms with E-state index in [1.54, 1.807) is 0 Å². The number of hydrogen-bond acceptors (Lipinski definition) is 2. The minimum Gasteiger partial charge on any atom is -0.481 e. The molecule has 0 saturated heterocycles. The van der Waals surface area contributed by atoms with Gasteiger partial charge in [0.25, 0.3) is 0 Å². The molecule has 0 aliphatic heterocycles. The highest BCUT2D eigenvalue weighted by atomic mass is 16.4. The van der Waals surface area contributed by atoms with Gasteiger partial charge in [-0.3, -0.25) is 9.59 Å². The van der Waals surface area contributed by atoms with Crippen LogP contribution in [0.2, 0.25) is 0 Å². The molecule has 4 heteroatoms. The Bertz CT molecular complexity index is 443. The molecule has 132 valence electrons. The predicted octanol–water partition coefficient (Wildman–Crippen LogP) is 4.89. The van der Waals surface area contributed by atoms with E-state index in [9.17, 15) is 19.8 Å². The first-order valence-corrected chi connectivity index (χ1v) is 9.00. The van der Waals surface area contributed by atoms with Crippen molar-refractivity contribution in [3.8, 4) is 0 Å². The first-order valence-electron chi connectivity index (χ1n) is 9.00. The van der Waals surface area contributed by atoms with Gasteiger partial charge in [-0.05, 0) is 25.2 Å². The zero-order valence-electron chi connectivity index (χ0n) is 14.8. The third-order valence-electron chi connectivity index (χ3n) is 5.88. The normalized spacial score (nSPS) is 28.5. The molecule has 4 nitrogen and oxygen atoms in total. The number of carboxylic acids is 2. The Hall–Kier alpha value is -1.32. The zero-order valence-corrected chi connectivity index (χ0v) is 14.8. The summed E-state index contributed by atoms with van der Waals surface area (Å²) in [5.74, 6) is -2.07. The molecule has 0 heterocycles. The van der Waals surface area contributed by atoms with E-state index >= 15 is 0 Å². The third-order valence-corrected chi connectivity index (χ3v) is 5.88. The van der Waals surface area contributed by atoms with Crippen LogP contribution in [-0.4, -0.2) is 22.2 Å². The molecule has 2 N–H and O–H groups in total. The molecule has 0 amide bonds. The maximum absolute atomic E-state index is 12.2. The van der Waals surface area contributed by atoms with E-state index in [0.29, 0.717) is 25.7 Å². The maximum atomic E-state index is 12.2. The molecule has 1 aliphatic rings. The Morgan fingerprint density at radius 1 is 1.00 bits per heavy atom. The van der Waals surface area contributed by atoms with Crippen LogP contribution >= 0.6 is 0 Å². The lowest BCUT2D eigenvalue weighted by atomic mass is 9.50. The Morgan fingerprint density at radius 2 is 1.61 bits per heavy atom. The second-order valence-corrected chi connectivity index (χ2v) is 7.02. The molecule has 1 rings (SSSR count). The van der Waals surface area contributed by atoms with Crippen LogP contribution in [0.4, 0.5) is 0 Å². The molecular formula is C19H32O4. The molecule has 3 unspecified atom stereocenters. The van der Waals surface area contributed by atoms with Crippen LogP contribution in [0.25, 0.3) is 0 Å². The van der Waals surface area contributed by atoms with Crippen LogP contribution in [0.15, 0.2) is 12.2 Å². The van der Waals surface area contributed by atoms with E-state index in [1.807, 2.05) is 26.0 Å². The van der Waals surface area contributed by atoms with Crippen molar-refractivity contribution in [2.75, 3.05) is 0 Å². The van der Waals surface area contributed by atoms with Crippen molar-refractivity contribution in [3.63, 3.8) is 0 Å². The van der Waals surface area contributed by atoms with Crippen LogP contribution in [0.1, 0.15) is 78.6 Å². The van der Waals surface area contributed by atoms with Gasteiger partial charge in [0.05, 0.1) is 10.8 Å². The molecule has 0 bridgehead atoms. The Kier molecular flexibility index (Phi) is 7.30. The fraction of sp³-hybridized carbons (Fsp3) is 0.789. The molecule has 0 aromatic heterocycles. The quantitative estimate of drug-likeness (QED) is 0.443. The molecular weight excluding hydrogens is 292 g/mol. The number of carbonyl (C=O) groups is 2. The Balaban J connectivity index is 3.14. The summed E-state index contributed by atoms with van der Waals surface area (Å²) >= 11 is 0. The van der Waals surface area contributed by atoms with Crippen LogP contribution in [0, 0.1) is 16.7 Å². The summed E-state index contributed by atoms with van der Waals surface area (Å²) in [5.41, 5.74) is -2.39. The lowest BCUT2D eigenvalue weighted by Gasteiger charge is -2.50. The second-order valence-electron chi connectivity index (χ2n) is 7.02. The van der Waals surface area contributed by atoms with Crippen molar-refractivity contribution >= 4 is 11.9 Å².